The van der Waals surface area contributed by atoms with Gasteiger partial charge in [0.05, 0.1) is 20.8 Å². The zero-order chi connectivity index (χ0) is 20.5. The lowest BCUT2D eigenvalue weighted by atomic mass is 10.1. The van der Waals surface area contributed by atoms with Gasteiger partial charge in [0.25, 0.3) is 11.6 Å². The van der Waals surface area contributed by atoms with Gasteiger partial charge in [0.2, 0.25) is 0 Å². The van der Waals surface area contributed by atoms with Crippen molar-refractivity contribution in [3.8, 4) is 10.6 Å². The number of aromatic nitrogens is 1. The second-order valence-corrected chi connectivity index (χ2v) is 8.28. The van der Waals surface area contributed by atoms with E-state index in [1.54, 1.807) is 19.1 Å². The number of nitrogens with zero attached hydrogens (tertiary/aromatic N) is 2. The molecule has 3 aromatic carbocycles. The Bertz CT molecular complexity index is 1240. The Morgan fingerprint density at radius 2 is 1.93 bits per heavy atom. The first-order valence-corrected chi connectivity index (χ1v) is 10.3. The van der Waals surface area contributed by atoms with Gasteiger partial charge in [0.1, 0.15) is 5.01 Å². The van der Waals surface area contributed by atoms with Crippen molar-refractivity contribution < 1.29 is 9.72 Å². The molecule has 1 N–H and O–H groups in total. The van der Waals surface area contributed by atoms with Crippen LogP contribution in [-0.4, -0.2) is 15.8 Å². The number of carbonyl (C=O) groups is 1. The van der Waals surface area contributed by atoms with E-state index < -0.39 is 10.8 Å². The number of nitro groups is 1. The van der Waals surface area contributed by atoms with Gasteiger partial charge in [-0.1, -0.05) is 34.1 Å². The predicted molar refractivity (Wildman–Crippen MR) is 119 cm³/mol. The number of para-hydroxylation sites is 1. The first-order valence-electron chi connectivity index (χ1n) is 8.65. The van der Waals surface area contributed by atoms with Crippen molar-refractivity contribution in [1.82, 2.24) is 4.98 Å². The lowest BCUT2D eigenvalue weighted by molar-refractivity contribution is -0.385. The molecule has 0 unspecified atom stereocenters. The van der Waals surface area contributed by atoms with Gasteiger partial charge in [0.15, 0.2) is 0 Å². The number of hydrogen-bond acceptors (Lipinski definition) is 5. The summed E-state index contributed by atoms with van der Waals surface area (Å²) in [6.45, 7) is 1.57. The molecule has 4 aromatic rings. The van der Waals surface area contributed by atoms with Crippen molar-refractivity contribution in [2.45, 2.75) is 6.92 Å². The molecule has 6 nitrogen and oxygen atoms in total. The van der Waals surface area contributed by atoms with Gasteiger partial charge in [-0.05, 0) is 43.3 Å². The fourth-order valence-electron chi connectivity index (χ4n) is 3.05. The first-order chi connectivity index (χ1) is 13.9. The molecule has 1 amide bonds. The Balaban J connectivity index is 1.74. The molecule has 0 aliphatic heterocycles. The number of rotatable bonds is 4. The van der Waals surface area contributed by atoms with E-state index in [9.17, 15) is 14.9 Å². The lowest BCUT2D eigenvalue weighted by Crippen LogP contribution is -2.14. The van der Waals surface area contributed by atoms with E-state index in [0.29, 0.717) is 11.3 Å². The predicted octanol–water partition coefficient (Wildman–Crippen LogP) is 6.19. The number of benzene rings is 3. The van der Waals surface area contributed by atoms with Crippen LogP contribution in [0.1, 0.15) is 15.9 Å². The highest BCUT2D eigenvalue weighted by Gasteiger charge is 2.20. The van der Waals surface area contributed by atoms with Crippen molar-refractivity contribution in [3.63, 3.8) is 0 Å². The Morgan fingerprint density at radius 3 is 2.69 bits per heavy atom. The molecule has 144 valence electrons. The Hall–Kier alpha value is -3.10. The number of halogens is 1. The Kier molecular flexibility index (Phi) is 5.12. The summed E-state index contributed by atoms with van der Waals surface area (Å²) in [5, 5.41) is 14.8. The summed E-state index contributed by atoms with van der Waals surface area (Å²) in [5.41, 5.74) is 2.75. The second kappa shape index (κ2) is 7.73. The number of fused-ring (bicyclic) bond motifs is 1. The molecule has 4 rings (SSSR count). The zero-order valence-electron chi connectivity index (χ0n) is 15.2. The molecule has 0 aliphatic carbocycles. The van der Waals surface area contributed by atoms with Gasteiger partial charge in [-0.2, -0.15) is 0 Å². The van der Waals surface area contributed by atoms with Crippen molar-refractivity contribution >= 4 is 54.8 Å². The van der Waals surface area contributed by atoms with Gasteiger partial charge in [-0.3, -0.25) is 14.9 Å². The molecule has 0 bridgehead atoms. The van der Waals surface area contributed by atoms with Crippen LogP contribution in [0.2, 0.25) is 0 Å². The fourth-order valence-corrected chi connectivity index (χ4v) is 4.40. The maximum atomic E-state index is 12.9. The number of hydrogen-bond donors (Lipinski definition) is 1. The highest BCUT2D eigenvalue weighted by atomic mass is 79.9. The molecule has 29 heavy (non-hydrogen) atoms. The van der Waals surface area contributed by atoms with Crippen molar-refractivity contribution in [2.75, 3.05) is 5.32 Å². The largest absolute Gasteiger partial charge is 0.321 e. The van der Waals surface area contributed by atoms with Crippen LogP contribution in [0.5, 0.6) is 0 Å². The van der Waals surface area contributed by atoms with Gasteiger partial charge in [-0.15, -0.1) is 11.3 Å². The monoisotopic (exact) mass is 467 g/mol. The minimum Gasteiger partial charge on any atom is -0.321 e. The smallest absolute Gasteiger partial charge is 0.273 e. The first kappa shape index (κ1) is 19.2. The van der Waals surface area contributed by atoms with Gasteiger partial charge < -0.3 is 5.32 Å². The fraction of sp³-hybridized carbons (Fsp3) is 0.0476. The topological polar surface area (TPSA) is 85.1 Å². The number of carbonyl (C=O) groups excluding carboxylic acids is 1. The minimum absolute atomic E-state index is 0.0835. The molecular formula is C21H14BrN3O3S. The SMILES string of the molecule is Cc1c(C(=O)Nc2ccc(Br)cc2-c2nc3ccccc3s2)cccc1[N+](=O)[O-]. The summed E-state index contributed by atoms with van der Waals surface area (Å²) in [4.78, 5) is 28.3. The molecule has 0 aliphatic rings. The number of anilines is 1. The molecule has 0 saturated carbocycles. The molecule has 0 saturated heterocycles. The van der Waals surface area contributed by atoms with Crippen LogP contribution in [0, 0.1) is 17.0 Å². The standard InChI is InChI=1S/C21H14BrN3O3S/c1-12-14(5-4-7-18(12)25(27)28)20(26)23-16-10-9-13(22)11-15(16)21-24-17-6-2-3-8-19(17)29-21/h2-11H,1H3,(H,23,26). The van der Waals surface area contributed by atoms with Crippen molar-refractivity contribution in [2.24, 2.45) is 0 Å². The van der Waals surface area contributed by atoms with E-state index in [-0.39, 0.29) is 11.3 Å². The minimum atomic E-state index is -0.488. The second-order valence-electron chi connectivity index (χ2n) is 6.34. The quantitative estimate of drug-likeness (QED) is 0.286. The normalized spacial score (nSPS) is 10.8. The van der Waals surface area contributed by atoms with E-state index in [1.165, 1.54) is 23.5 Å². The Morgan fingerprint density at radius 1 is 1.14 bits per heavy atom. The summed E-state index contributed by atoms with van der Waals surface area (Å²) in [5.74, 6) is -0.407. The molecule has 8 heteroatoms. The number of nitro benzene ring substituents is 1. The van der Waals surface area contributed by atoms with Crippen LogP contribution in [0.15, 0.2) is 65.1 Å². The Labute approximate surface area is 178 Å². The third kappa shape index (κ3) is 3.76. The van der Waals surface area contributed by atoms with Crippen LogP contribution in [-0.2, 0) is 0 Å². The lowest BCUT2D eigenvalue weighted by Gasteiger charge is -2.11. The van der Waals surface area contributed by atoms with E-state index in [2.05, 4.69) is 26.2 Å². The summed E-state index contributed by atoms with van der Waals surface area (Å²) in [6.07, 6.45) is 0. The van der Waals surface area contributed by atoms with Crippen molar-refractivity contribution in [3.05, 3.63) is 86.4 Å². The molecular weight excluding hydrogens is 454 g/mol. The highest BCUT2D eigenvalue weighted by Crippen LogP contribution is 2.36. The number of amides is 1. The van der Waals surface area contributed by atoms with E-state index in [4.69, 9.17) is 0 Å². The summed E-state index contributed by atoms with van der Waals surface area (Å²) >= 11 is 5.01. The maximum Gasteiger partial charge on any atom is 0.273 e. The zero-order valence-corrected chi connectivity index (χ0v) is 17.6. The average molecular weight is 468 g/mol. The molecule has 0 atom stereocenters. The van der Waals surface area contributed by atoms with Crippen molar-refractivity contribution in [1.29, 1.82) is 0 Å². The van der Waals surface area contributed by atoms with E-state index in [1.807, 2.05) is 36.4 Å². The van der Waals surface area contributed by atoms with Gasteiger partial charge >= 0.3 is 0 Å². The average Bonchev–Trinajstić information content (AvgIpc) is 3.13. The highest BCUT2D eigenvalue weighted by molar-refractivity contribution is 9.10. The third-order valence-electron chi connectivity index (χ3n) is 4.50. The van der Waals surface area contributed by atoms with Gasteiger partial charge in [0, 0.05) is 27.2 Å². The van der Waals surface area contributed by atoms with Gasteiger partial charge in [-0.25, -0.2) is 4.98 Å². The number of thiazole rings is 1. The van der Waals surface area contributed by atoms with Crippen LogP contribution in [0.3, 0.4) is 0 Å². The molecule has 0 spiro atoms. The van der Waals surface area contributed by atoms with E-state index in [0.717, 1.165) is 25.3 Å². The molecule has 0 fully saturated rings. The number of nitrogens with one attached hydrogen (secondary N) is 1. The summed E-state index contributed by atoms with van der Waals surface area (Å²) < 4.78 is 1.91. The van der Waals surface area contributed by atoms with Crippen LogP contribution in [0.25, 0.3) is 20.8 Å². The third-order valence-corrected chi connectivity index (χ3v) is 6.06. The van der Waals surface area contributed by atoms with Crippen LogP contribution >= 0.6 is 27.3 Å². The van der Waals surface area contributed by atoms with Crippen LogP contribution in [0.4, 0.5) is 11.4 Å². The molecule has 0 radical (unpaired) electrons. The van der Waals surface area contributed by atoms with Crippen LogP contribution < -0.4 is 5.32 Å². The summed E-state index contributed by atoms with van der Waals surface area (Å²) in [6, 6.07) is 17.8. The summed E-state index contributed by atoms with van der Waals surface area (Å²) in [7, 11) is 0. The maximum absolute atomic E-state index is 12.9. The molecule has 1 aromatic heterocycles. The molecule has 1 heterocycles. The van der Waals surface area contributed by atoms with E-state index >= 15 is 0 Å².